The van der Waals surface area contributed by atoms with Crippen molar-refractivity contribution in [3.63, 3.8) is 0 Å². The van der Waals surface area contributed by atoms with Crippen molar-refractivity contribution in [1.82, 2.24) is 15.3 Å². The molecule has 0 aliphatic heterocycles. The lowest BCUT2D eigenvalue weighted by Gasteiger charge is -2.28. The minimum atomic E-state index is -0.165. The number of benzene rings is 1. The van der Waals surface area contributed by atoms with E-state index in [0.717, 1.165) is 43.7 Å². The van der Waals surface area contributed by atoms with Crippen molar-refractivity contribution < 1.29 is 4.74 Å². The standard InChI is InChI=1S/C24H37N3O/c1-7-21-19(15-16-25-18-28-23(4,5)8-2)17-26-22(27-21)24(6,9-3)20-13-11-10-12-14-20/h10-14,17,25H,7-9,15-16,18H2,1-6H3. The minimum Gasteiger partial charge on any atom is -0.360 e. The minimum absolute atomic E-state index is 0.0750. The molecule has 1 heterocycles. The average molecular weight is 384 g/mol. The van der Waals surface area contributed by atoms with Crippen LogP contribution >= 0.6 is 0 Å². The second kappa shape index (κ2) is 10.1. The van der Waals surface area contributed by atoms with E-state index in [1.165, 1.54) is 11.1 Å². The van der Waals surface area contributed by atoms with Crippen molar-refractivity contribution in [2.75, 3.05) is 13.3 Å². The lowest BCUT2D eigenvalue weighted by Crippen LogP contribution is -2.31. The molecule has 0 aliphatic carbocycles. The van der Waals surface area contributed by atoms with E-state index < -0.39 is 0 Å². The molecular formula is C24H37N3O. The van der Waals surface area contributed by atoms with E-state index in [1.54, 1.807) is 0 Å². The van der Waals surface area contributed by atoms with Crippen molar-refractivity contribution in [2.24, 2.45) is 0 Å². The lowest BCUT2D eigenvalue weighted by molar-refractivity contribution is -0.0291. The van der Waals surface area contributed by atoms with Crippen molar-refractivity contribution in [1.29, 1.82) is 0 Å². The molecule has 28 heavy (non-hydrogen) atoms. The molecule has 154 valence electrons. The molecule has 2 aromatic rings. The molecule has 1 unspecified atom stereocenters. The predicted octanol–water partition coefficient (Wildman–Crippen LogP) is 5.05. The molecule has 0 spiro atoms. The number of hydrogen-bond donors (Lipinski definition) is 1. The molecule has 1 aromatic carbocycles. The van der Waals surface area contributed by atoms with Crippen LogP contribution in [0.5, 0.6) is 0 Å². The van der Waals surface area contributed by atoms with Gasteiger partial charge in [-0.1, -0.05) is 51.1 Å². The van der Waals surface area contributed by atoms with Crippen LogP contribution in [0.2, 0.25) is 0 Å². The average Bonchev–Trinajstić information content (AvgIpc) is 2.73. The van der Waals surface area contributed by atoms with Gasteiger partial charge in [0.25, 0.3) is 0 Å². The first kappa shape index (κ1) is 22.5. The fraction of sp³-hybridized carbons (Fsp3) is 0.583. The molecule has 0 radical (unpaired) electrons. The molecule has 0 fully saturated rings. The quantitative estimate of drug-likeness (QED) is 0.436. The van der Waals surface area contributed by atoms with Crippen LogP contribution in [0.3, 0.4) is 0 Å². The maximum absolute atomic E-state index is 5.86. The summed E-state index contributed by atoms with van der Waals surface area (Å²) < 4.78 is 5.86. The lowest BCUT2D eigenvalue weighted by atomic mass is 9.79. The van der Waals surface area contributed by atoms with Gasteiger partial charge in [-0.05, 0) is 57.6 Å². The molecule has 1 N–H and O–H groups in total. The molecule has 4 heteroatoms. The Hall–Kier alpha value is -1.78. The number of hydrogen-bond acceptors (Lipinski definition) is 4. The zero-order valence-corrected chi connectivity index (χ0v) is 18.5. The van der Waals surface area contributed by atoms with Crippen molar-refractivity contribution >= 4 is 0 Å². The third kappa shape index (κ3) is 5.62. The summed E-state index contributed by atoms with van der Waals surface area (Å²) >= 11 is 0. The van der Waals surface area contributed by atoms with Crippen LogP contribution < -0.4 is 5.32 Å². The highest BCUT2D eigenvalue weighted by Crippen LogP contribution is 2.33. The molecule has 0 saturated carbocycles. The summed E-state index contributed by atoms with van der Waals surface area (Å²) in [5.74, 6) is 0.919. The number of ether oxygens (including phenoxy) is 1. The van der Waals surface area contributed by atoms with E-state index in [0.29, 0.717) is 6.73 Å². The zero-order chi connectivity index (χ0) is 20.6. The number of aryl methyl sites for hydroxylation is 1. The fourth-order valence-corrected chi connectivity index (χ4v) is 3.16. The van der Waals surface area contributed by atoms with Crippen molar-refractivity contribution in [3.8, 4) is 0 Å². The SMILES string of the molecule is CCc1nc(C(C)(CC)c2ccccc2)ncc1CCNCOC(C)(C)CC. The van der Waals surface area contributed by atoms with Gasteiger partial charge in [0, 0.05) is 18.4 Å². The molecule has 2 rings (SSSR count). The first-order chi connectivity index (χ1) is 13.4. The Morgan fingerprint density at radius 3 is 2.32 bits per heavy atom. The molecule has 1 aromatic heterocycles. The highest BCUT2D eigenvalue weighted by Gasteiger charge is 2.30. The molecular weight excluding hydrogens is 346 g/mol. The summed E-state index contributed by atoms with van der Waals surface area (Å²) in [6, 6.07) is 10.6. The molecule has 4 nitrogen and oxygen atoms in total. The van der Waals surface area contributed by atoms with Gasteiger partial charge in [0.05, 0.1) is 17.7 Å². The van der Waals surface area contributed by atoms with Crippen molar-refractivity contribution in [3.05, 3.63) is 59.2 Å². The number of rotatable bonds is 11. The van der Waals surface area contributed by atoms with Crippen LogP contribution in [0.1, 0.15) is 77.0 Å². The highest BCUT2D eigenvalue weighted by molar-refractivity contribution is 5.33. The van der Waals surface area contributed by atoms with Gasteiger partial charge in [-0.2, -0.15) is 0 Å². The maximum atomic E-state index is 5.86. The van der Waals surface area contributed by atoms with Gasteiger partial charge in [-0.3, -0.25) is 5.32 Å². The topological polar surface area (TPSA) is 47.0 Å². The van der Waals surface area contributed by atoms with Gasteiger partial charge in [0.15, 0.2) is 0 Å². The number of nitrogens with one attached hydrogen (secondary N) is 1. The normalized spacial score (nSPS) is 14.1. The molecule has 0 aliphatic rings. The monoisotopic (exact) mass is 383 g/mol. The van der Waals surface area contributed by atoms with Crippen LogP contribution in [0.4, 0.5) is 0 Å². The van der Waals surface area contributed by atoms with Gasteiger partial charge in [0.1, 0.15) is 5.82 Å². The molecule has 1 atom stereocenters. The van der Waals surface area contributed by atoms with E-state index in [2.05, 4.69) is 77.2 Å². The Balaban J connectivity index is 2.07. The van der Waals surface area contributed by atoms with Gasteiger partial charge >= 0.3 is 0 Å². The van der Waals surface area contributed by atoms with Gasteiger partial charge in [-0.25, -0.2) is 9.97 Å². The predicted molar refractivity (Wildman–Crippen MR) is 117 cm³/mol. The second-order valence-electron chi connectivity index (χ2n) is 8.22. The first-order valence-electron chi connectivity index (χ1n) is 10.6. The summed E-state index contributed by atoms with van der Waals surface area (Å²) in [4.78, 5) is 9.78. The Labute approximate surface area is 171 Å². The van der Waals surface area contributed by atoms with Crippen LogP contribution in [0.25, 0.3) is 0 Å². The van der Waals surface area contributed by atoms with Crippen LogP contribution in [0.15, 0.2) is 36.5 Å². The molecule has 0 bridgehead atoms. The zero-order valence-electron chi connectivity index (χ0n) is 18.5. The Morgan fingerprint density at radius 1 is 1.00 bits per heavy atom. The van der Waals surface area contributed by atoms with Crippen LogP contribution in [-0.4, -0.2) is 28.8 Å². The van der Waals surface area contributed by atoms with E-state index in [4.69, 9.17) is 14.7 Å². The first-order valence-corrected chi connectivity index (χ1v) is 10.6. The van der Waals surface area contributed by atoms with Crippen molar-refractivity contribution in [2.45, 2.75) is 78.2 Å². The Kier molecular flexibility index (Phi) is 8.14. The Morgan fingerprint density at radius 2 is 1.71 bits per heavy atom. The van der Waals surface area contributed by atoms with Crippen LogP contribution in [0, 0.1) is 0 Å². The summed E-state index contributed by atoms with van der Waals surface area (Å²) in [5.41, 5.74) is 3.40. The third-order valence-electron chi connectivity index (χ3n) is 5.89. The second-order valence-corrected chi connectivity index (χ2v) is 8.22. The summed E-state index contributed by atoms with van der Waals surface area (Å²) in [6.07, 6.45) is 5.82. The van der Waals surface area contributed by atoms with E-state index in [-0.39, 0.29) is 11.0 Å². The third-order valence-corrected chi connectivity index (χ3v) is 5.89. The number of nitrogens with zero attached hydrogens (tertiary/aromatic N) is 2. The highest BCUT2D eigenvalue weighted by atomic mass is 16.5. The molecule has 0 saturated heterocycles. The maximum Gasteiger partial charge on any atom is 0.138 e. The Bertz CT molecular complexity index is 730. The summed E-state index contributed by atoms with van der Waals surface area (Å²) in [7, 11) is 0. The van der Waals surface area contributed by atoms with Gasteiger partial charge < -0.3 is 4.74 Å². The summed E-state index contributed by atoms with van der Waals surface area (Å²) in [6.45, 7) is 14.4. The van der Waals surface area contributed by atoms with E-state index in [1.807, 2.05) is 6.20 Å². The summed E-state index contributed by atoms with van der Waals surface area (Å²) in [5, 5.41) is 3.38. The molecule has 0 amide bonds. The number of aromatic nitrogens is 2. The smallest absolute Gasteiger partial charge is 0.138 e. The van der Waals surface area contributed by atoms with E-state index in [9.17, 15) is 0 Å². The largest absolute Gasteiger partial charge is 0.360 e. The van der Waals surface area contributed by atoms with Gasteiger partial charge in [-0.15, -0.1) is 0 Å². The van der Waals surface area contributed by atoms with E-state index >= 15 is 0 Å². The van der Waals surface area contributed by atoms with Gasteiger partial charge in [0.2, 0.25) is 0 Å². The fourth-order valence-electron chi connectivity index (χ4n) is 3.16. The van der Waals surface area contributed by atoms with Crippen LogP contribution in [-0.2, 0) is 23.0 Å².